The average molecular weight is 139 g/mol. The standard InChI is InChI=1S/C6H5NO3/c8-5-1-3-6(4-2-5)10-7-9/h1-4,8H. The Kier molecular flexibility index (Phi) is 1.84. The molecule has 1 rings (SSSR count). The fourth-order valence-electron chi connectivity index (χ4n) is 0.550. The summed E-state index contributed by atoms with van der Waals surface area (Å²) in [7, 11) is 0. The molecular weight excluding hydrogens is 134 g/mol. The number of rotatable bonds is 2. The molecule has 1 N–H and O–H groups in total. The Balaban J connectivity index is 2.78. The minimum atomic E-state index is 0.123. The molecule has 0 aromatic heterocycles. The van der Waals surface area contributed by atoms with E-state index in [1.54, 1.807) is 0 Å². The molecule has 0 saturated heterocycles. The first kappa shape index (κ1) is 6.54. The lowest BCUT2D eigenvalue weighted by Crippen LogP contribution is -1.77. The molecule has 0 atom stereocenters. The Bertz CT molecular complexity index is 219. The Morgan fingerprint density at radius 1 is 1.30 bits per heavy atom. The summed E-state index contributed by atoms with van der Waals surface area (Å²) in [4.78, 5) is 13.7. The van der Waals surface area contributed by atoms with Gasteiger partial charge in [-0.3, -0.25) is 0 Å². The van der Waals surface area contributed by atoms with Crippen molar-refractivity contribution in [1.82, 2.24) is 0 Å². The van der Waals surface area contributed by atoms with Gasteiger partial charge in [0.15, 0.2) is 11.1 Å². The molecule has 4 nitrogen and oxygen atoms in total. The number of phenolic OH excluding ortho intramolecular Hbond substituents is 1. The predicted molar refractivity (Wildman–Crippen MR) is 34.5 cm³/mol. The summed E-state index contributed by atoms with van der Waals surface area (Å²) >= 11 is 0. The highest BCUT2D eigenvalue weighted by Gasteiger charge is 1.91. The zero-order valence-corrected chi connectivity index (χ0v) is 5.02. The second kappa shape index (κ2) is 2.82. The summed E-state index contributed by atoms with van der Waals surface area (Å²) in [5.41, 5.74) is 0. The predicted octanol–water partition coefficient (Wildman–Crippen LogP) is 1.45. The van der Waals surface area contributed by atoms with E-state index in [1.165, 1.54) is 24.3 Å². The van der Waals surface area contributed by atoms with Crippen LogP contribution in [0.1, 0.15) is 0 Å². The second-order valence-electron chi connectivity index (χ2n) is 1.66. The van der Waals surface area contributed by atoms with Crippen molar-refractivity contribution in [2.75, 3.05) is 0 Å². The van der Waals surface area contributed by atoms with Crippen LogP contribution >= 0.6 is 0 Å². The minimum absolute atomic E-state index is 0.123. The third kappa shape index (κ3) is 1.45. The number of hydrogen-bond acceptors (Lipinski definition) is 4. The molecule has 0 spiro atoms. The van der Waals surface area contributed by atoms with Crippen LogP contribution in [-0.4, -0.2) is 5.11 Å². The lowest BCUT2D eigenvalue weighted by atomic mass is 10.3. The first-order valence-corrected chi connectivity index (χ1v) is 2.61. The van der Waals surface area contributed by atoms with Crippen molar-refractivity contribution in [3.05, 3.63) is 29.2 Å². The van der Waals surface area contributed by atoms with Gasteiger partial charge < -0.3 is 9.94 Å². The minimum Gasteiger partial charge on any atom is -0.508 e. The normalized spacial score (nSPS) is 8.80. The van der Waals surface area contributed by atoms with Crippen molar-refractivity contribution in [3.63, 3.8) is 0 Å². The molecular formula is C6H5NO3. The summed E-state index contributed by atoms with van der Waals surface area (Å²) in [6, 6.07) is 5.69. The molecule has 1 aromatic carbocycles. The van der Waals surface area contributed by atoms with Crippen LogP contribution in [0.4, 0.5) is 0 Å². The van der Waals surface area contributed by atoms with Crippen molar-refractivity contribution >= 4 is 0 Å². The van der Waals surface area contributed by atoms with E-state index in [-0.39, 0.29) is 5.75 Å². The van der Waals surface area contributed by atoms with Crippen molar-refractivity contribution in [3.8, 4) is 11.5 Å². The summed E-state index contributed by atoms with van der Waals surface area (Å²) < 4.78 is 0. The van der Waals surface area contributed by atoms with Crippen LogP contribution in [-0.2, 0) is 0 Å². The van der Waals surface area contributed by atoms with Gasteiger partial charge in [0.2, 0.25) is 0 Å². The third-order valence-corrected chi connectivity index (χ3v) is 0.979. The van der Waals surface area contributed by atoms with Crippen LogP contribution in [0.15, 0.2) is 29.6 Å². The fourth-order valence-corrected chi connectivity index (χ4v) is 0.550. The number of hydrogen-bond donors (Lipinski definition) is 1. The van der Waals surface area contributed by atoms with E-state index in [4.69, 9.17) is 5.11 Å². The van der Waals surface area contributed by atoms with E-state index in [9.17, 15) is 4.91 Å². The molecule has 0 aliphatic heterocycles. The Hall–Kier alpha value is -1.58. The monoisotopic (exact) mass is 139 g/mol. The molecule has 0 aliphatic carbocycles. The highest BCUT2D eigenvalue weighted by Crippen LogP contribution is 2.15. The molecule has 0 bridgehead atoms. The zero-order valence-electron chi connectivity index (χ0n) is 5.02. The van der Waals surface area contributed by atoms with E-state index >= 15 is 0 Å². The van der Waals surface area contributed by atoms with E-state index in [0.29, 0.717) is 5.75 Å². The van der Waals surface area contributed by atoms with Crippen LogP contribution in [0, 0.1) is 4.91 Å². The average Bonchev–Trinajstić information content (AvgIpc) is 1.95. The SMILES string of the molecule is O=NOc1ccc(O)cc1. The number of benzene rings is 1. The first-order valence-electron chi connectivity index (χ1n) is 2.61. The van der Waals surface area contributed by atoms with Crippen LogP contribution in [0.2, 0.25) is 0 Å². The van der Waals surface area contributed by atoms with Gasteiger partial charge in [-0.1, -0.05) is 0 Å². The second-order valence-corrected chi connectivity index (χ2v) is 1.66. The highest BCUT2D eigenvalue weighted by atomic mass is 16.7. The van der Waals surface area contributed by atoms with E-state index in [0.717, 1.165) is 0 Å². The van der Waals surface area contributed by atoms with Crippen LogP contribution < -0.4 is 4.84 Å². The fraction of sp³-hybridized carbons (Fsp3) is 0. The van der Waals surface area contributed by atoms with Gasteiger partial charge in [-0.05, 0) is 24.3 Å². The van der Waals surface area contributed by atoms with Gasteiger partial charge in [-0.15, -0.1) is 4.91 Å². The Morgan fingerprint density at radius 2 is 1.90 bits per heavy atom. The molecule has 0 saturated carbocycles. The van der Waals surface area contributed by atoms with Gasteiger partial charge in [0, 0.05) is 0 Å². The van der Waals surface area contributed by atoms with E-state index in [1.807, 2.05) is 0 Å². The lowest BCUT2D eigenvalue weighted by molar-refractivity contribution is 0.334. The molecule has 0 fully saturated rings. The first-order chi connectivity index (χ1) is 4.83. The number of aromatic hydroxyl groups is 1. The summed E-state index contributed by atoms with van der Waals surface area (Å²) in [5, 5.41) is 11.0. The van der Waals surface area contributed by atoms with Crippen molar-refractivity contribution < 1.29 is 9.94 Å². The maximum absolute atomic E-state index is 9.52. The highest BCUT2D eigenvalue weighted by molar-refractivity contribution is 5.29. The largest absolute Gasteiger partial charge is 0.508 e. The molecule has 0 aliphatic rings. The summed E-state index contributed by atoms with van der Waals surface area (Å²) in [6.45, 7) is 0. The van der Waals surface area contributed by atoms with Crippen LogP contribution in [0.3, 0.4) is 0 Å². The molecule has 52 valence electrons. The van der Waals surface area contributed by atoms with Crippen molar-refractivity contribution in [2.24, 2.45) is 5.34 Å². The smallest absolute Gasteiger partial charge is 0.161 e. The molecule has 1 aromatic rings. The number of phenols is 1. The maximum Gasteiger partial charge on any atom is 0.161 e. The molecule has 0 unspecified atom stereocenters. The lowest BCUT2D eigenvalue weighted by Gasteiger charge is -1.92. The van der Waals surface area contributed by atoms with Crippen LogP contribution in [0.5, 0.6) is 11.5 Å². The molecule has 0 radical (unpaired) electrons. The topological polar surface area (TPSA) is 58.9 Å². The molecule has 4 heteroatoms. The molecule has 0 amide bonds. The maximum atomic E-state index is 9.52. The van der Waals surface area contributed by atoms with E-state index < -0.39 is 0 Å². The zero-order chi connectivity index (χ0) is 7.40. The Morgan fingerprint density at radius 3 is 2.40 bits per heavy atom. The Labute approximate surface area is 57.0 Å². The third-order valence-electron chi connectivity index (χ3n) is 0.979. The number of nitrogens with zero attached hydrogens (tertiary/aromatic N) is 1. The van der Waals surface area contributed by atoms with Gasteiger partial charge in [-0.25, -0.2) is 0 Å². The van der Waals surface area contributed by atoms with Crippen molar-refractivity contribution in [1.29, 1.82) is 0 Å². The van der Waals surface area contributed by atoms with E-state index in [2.05, 4.69) is 10.2 Å². The molecule has 10 heavy (non-hydrogen) atoms. The van der Waals surface area contributed by atoms with Gasteiger partial charge >= 0.3 is 0 Å². The summed E-state index contributed by atoms with van der Waals surface area (Å²) in [5.74, 6) is 0.436. The quantitative estimate of drug-likeness (QED) is 0.498. The van der Waals surface area contributed by atoms with Crippen molar-refractivity contribution in [2.45, 2.75) is 0 Å². The van der Waals surface area contributed by atoms with Gasteiger partial charge in [-0.2, -0.15) is 0 Å². The van der Waals surface area contributed by atoms with Gasteiger partial charge in [0.05, 0.1) is 0 Å². The van der Waals surface area contributed by atoms with Gasteiger partial charge in [0.25, 0.3) is 0 Å². The summed E-state index contributed by atoms with van der Waals surface area (Å²) in [6.07, 6.45) is 0. The molecule has 0 heterocycles. The van der Waals surface area contributed by atoms with Crippen LogP contribution in [0.25, 0.3) is 0 Å². The van der Waals surface area contributed by atoms with Gasteiger partial charge in [0.1, 0.15) is 5.75 Å².